The Labute approximate surface area is 126 Å². The molecule has 0 radical (unpaired) electrons. The zero-order valence-electron chi connectivity index (χ0n) is 11.2. The van der Waals surface area contributed by atoms with Crippen molar-refractivity contribution in [1.29, 1.82) is 0 Å². The quantitative estimate of drug-likeness (QED) is 0.901. The predicted molar refractivity (Wildman–Crippen MR) is 82.1 cm³/mol. The van der Waals surface area contributed by atoms with Gasteiger partial charge in [-0.25, -0.2) is 9.97 Å². The molecule has 1 aromatic carbocycles. The van der Waals surface area contributed by atoms with Gasteiger partial charge in [0, 0.05) is 16.6 Å². The van der Waals surface area contributed by atoms with Gasteiger partial charge in [-0.1, -0.05) is 12.1 Å². The molecule has 0 bridgehead atoms. The first-order valence-electron chi connectivity index (χ1n) is 6.20. The van der Waals surface area contributed by atoms with Crippen molar-refractivity contribution in [2.45, 2.75) is 19.9 Å². The molecule has 2 rings (SSSR count). The number of amides is 1. The molecule has 104 valence electrons. The number of para-hydroxylation sites is 1. The molecular weight excluding hydrogens is 320 g/mol. The number of halogens is 1. The van der Waals surface area contributed by atoms with Crippen LogP contribution in [-0.4, -0.2) is 21.9 Å². The Hall–Kier alpha value is -1.95. The average molecular weight is 335 g/mol. The van der Waals surface area contributed by atoms with Crippen LogP contribution >= 0.6 is 15.9 Å². The Morgan fingerprint density at radius 3 is 2.70 bits per heavy atom. The normalized spacial score (nSPS) is 10.4. The molecule has 1 heterocycles. The van der Waals surface area contributed by atoms with Gasteiger partial charge in [0.05, 0.1) is 5.69 Å². The number of rotatable bonds is 4. The van der Waals surface area contributed by atoms with Crippen LogP contribution in [0, 0.1) is 0 Å². The van der Waals surface area contributed by atoms with Crippen LogP contribution in [0.15, 0.2) is 41.1 Å². The van der Waals surface area contributed by atoms with Gasteiger partial charge in [0.1, 0.15) is 17.8 Å². The van der Waals surface area contributed by atoms with Crippen molar-refractivity contribution in [2.75, 3.05) is 5.32 Å². The fourth-order valence-corrected chi connectivity index (χ4v) is 1.97. The monoisotopic (exact) mass is 334 g/mol. The lowest BCUT2D eigenvalue weighted by Crippen LogP contribution is -2.30. The highest BCUT2D eigenvalue weighted by atomic mass is 79.9. The minimum absolute atomic E-state index is 0.0668. The Morgan fingerprint density at radius 1 is 1.25 bits per heavy atom. The molecule has 0 saturated carbocycles. The van der Waals surface area contributed by atoms with Crippen LogP contribution in [0.4, 0.5) is 11.5 Å². The molecule has 0 unspecified atom stereocenters. The summed E-state index contributed by atoms with van der Waals surface area (Å²) in [7, 11) is 0. The number of hydrogen-bond donors (Lipinski definition) is 2. The van der Waals surface area contributed by atoms with E-state index in [2.05, 4.69) is 36.5 Å². The van der Waals surface area contributed by atoms with Crippen molar-refractivity contribution in [3.05, 3.63) is 46.8 Å². The van der Waals surface area contributed by atoms with E-state index >= 15 is 0 Å². The molecule has 0 aliphatic heterocycles. The van der Waals surface area contributed by atoms with Crippen molar-refractivity contribution in [3.63, 3.8) is 0 Å². The summed E-state index contributed by atoms with van der Waals surface area (Å²) in [5.74, 6) is 0.360. The summed E-state index contributed by atoms with van der Waals surface area (Å²) in [6.45, 7) is 3.80. The molecule has 0 aliphatic rings. The molecule has 1 amide bonds. The first-order chi connectivity index (χ1) is 9.56. The van der Waals surface area contributed by atoms with Crippen LogP contribution in [0.5, 0.6) is 0 Å². The lowest BCUT2D eigenvalue weighted by Gasteiger charge is -2.10. The summed E-state index contributed by atoms with van der Waals surface area (Å²) in [4.78, 5) is 20.0. The minimum Gasteiger partial charge on any atom is -0.349 e. The highest BCUT2D eigenvalue weighted by molar-refractivity contribution is 9.10. The van der Waals surface area contributed by atoms with E-state index in [-0.39, 0.29) is 11.9 Å². The predicted octanol–water partition coefficient (Wildman–Crippen LogP) is 3.12. The van der Waals surface area contributed by atoms with Gasteiger partial charge in [0.25, 0.3) is 5.91 Å². The second kappa shape index (κ2) is 6.47. The van der Waals surface area contributed by atoms with Gasteiger partial charge in [0.2, 0.25) is 0 Å². The first-order valence-corrected chi connectivity index (χ1v) is 7.00. The van der Waals surface area contributed by atoms with E-state index in [9.17, 15) is 4.79 Å². The molecule has 0 atom stereocenters. The summed E-state index contributed by atoms with van der Waals surface area (Å²) >= 11 is 3.45. The maximum atomic E-state index is 11.9. The summed E-state index contributed by atoms with van der Waals surface area (Å²) in [5.41, 5.74) is 1.21. The number of benzene rings is 1. The third-order valence-electron chi connectivity index (χ3n) is 2.46. The summed E-state index contributed by atoms with van der Waals surface area (Å²) in [6, 6.07) is 9.38. The van der Waals surface area contributed by atoms with Crippen molar-refractivity contribution in [1.82, 2.24) is 15.3 Å². The van der Waals surface area contributed by atoms with Crippen LogP contribution in [0.3, 0.4) is 0 Å². The zero-order chi connectivity index (χ0) is 14.5. The van der Waals surface area contributed by atoms with Gasteiger partial charge in [-0.2, -0.15) is 0 Å². The SMILES string of the molecule is CC(C)NC(=O)c1cc(Nc2ccccc2Br)ncn1. The van der Waals surface area contributed by atoms with Gasteiger partial charge in [-0.3, -0.25) is 4.79 Å². The zero-order valence-corrected chi connectivity index (χ0v) is 12.8. The third kappa shape index (κ3) is 3.77. The lowest BCUT2D eigenvalue weighted by atomic mass is 10.3. The third-order valence-corrected chi connectivity index (χ3v) is 3.15. The van der Waals surface area contributed by atoms with E-state index in [1.807, 2.05) is 38.1 Å². The highest BCUT2D eigenvalue weighted by Crippen LogP contribution is 2.24. The van der Waals surface area contributed by atoms with Crippen LogP contribution in [-0.2, 0) is 0 Å². The summed E-state index contributed by atoms with van der Waals surface area (Å²) in [5, 5.41) is 5.94. The standard InChI is InChI=1S/C14H15BrN4O/c1-9(2)18-14(20)12-7-13(17-8-16-12)19-11-6-4-3-5-10(11)15/h3-9H,1-2H3,(H,18,20)(H,16,17,19). The largest absolute Gasteiger partial charge is 0.349 e. The van der Waals surface area contributed by atoms with Crippen LogP contribution in [0.1, 0.15) is 24.3 Å². The first kappa shape index (κ1) is 14.5. The second-order valence-corrected chi connectivity index (χ2v) is 5.38. The highest BCUT2D eigenvalue weighted by Gasteiger charge is 2.10. The molecule has 0 spiro atoms. The topological polar surface area (TPSA) is 66.9 Å². The van der Waals surface area contributed by atoms with Gasteiger partial charge in [-0.05, 0) is 41.9 Å². The molecule has 20 heavy (non-hydrogen) atoms. The molecule has 1 aromatic heterocycles. The van der Waals surface area contributed by atoms with Gasteiger partial charge >= 0.3 is 0 Å². The molecule has 6 heteroatoms. The summed E-state index contributed by atoms with van der Waals surface area (Å²) < 4.78 is 0.923. The second-order valence-electron chi connectivity index (χ2n) is 4.52. The van der Waals surface area contributed by atoms with Crippen molar-refractivity contribution >= 4 is 33.3 Å². The molecular formula is C14H15BrN4O. The van der Waals surface area contributed by atoms with E-state index in [1.54, 1.807) is 6.07 Å². The Bertz CT molecular complexity index is 616. The van der Waals surface area contributed by atoms with Gasteiger partial charge < -0.3 is 10.6 Å². The lowest BCUT2D eigenvalue weighted by molar-refractivity contribution is 0.0938. The molecule has 0 aliphatic carbocycles. The van der Waals surface area contributed by atoms with E-state index < -0.39 is 0 Å². The van der Waals surface area contributed by atoms with Crippen molar-refractivity contribution < 1.29 is 4.79 Å². The number of anilines is 2. The van der Waals surface area contributed by atoms with Crippen molar-refractivity contribution in [2.24, 2.45) is 0 Å². The molecule has 5 nitrogen and oxygen atoms in total. The Morgan fingerprint density at radius 2 is 2.00 bits per heavy atom. The number of hydrogen-bond acceptors (Lipinski definition) is 4. The fourth-order valence-electron chi connectivity index (χ4n) is 1.59. The Kier molecular flexibility index (Phi) is 4.68. The van der Waals surface area contributed by atoms with Crippen LogP contribution in [0.2, 0.25) is 0 Å². The maximum absolute atomic E-state index is 11.9. The number of aromatic nitrogens is 2. The Balaban J connectivity index is 2.18. The van der Waals surface area contributed by atoms with E-state index in [0.29, 0.717) is 11.5 Å². The minimum atomic E-state index is -0.211. The van der Waals surface area contributed by atoms with E-state index in [1.165, 1.54) is 6.33 Å². The average Bonchev–Trinajstić information content (AvgIpc) is 2.41. The van der Waals surface area contributed by atoms with Crippen LogP contribution < -0.4 is 10.6 Å². The number of carbonyl (C=O) groups excluding carboxylic acids is 1. The number of carbonyl (C=O) groups is 1. The number of nitrogens with one attached hydrogen (secondary N) is 2. The van der Waals surface area contributed by atoms with E-state index in [0.717, 1.165) is 10.2 Å². The molecule has 2 N–H and O–H groups in total. The molecule has 0 fully saturated rings. The van der Waals surface area contributed by atoms with Gasteiger partial charge in [0.15, 0.2) is 0 Å². The van der Waals surface area contributed by atoms with Gasteiger partial charge in [-0.15, -0.1) is 0 Å². The molecule has 0 saturated heterocycles. The van der Waals surface area contributed by atoms with E-state index in [4.69, 9.17) is 0 Å². The van der Waals surface area contributed by atoms with Crippen molar-refractivity contribution in [3.8, 4) is 0 Å². The smallest absolute Gasteiger partial charge is 0.270 e. The van der Waals surface area contributed by atoms with Crippen LogP contribution in [0.25, 0.3) is 0 Å². The fraction of sp³-hybridized carbons (Fsp3) is 0.214. The maximum Gasteiger partial charge on any atom is 0.270 e. The number of nitrogens with zero attached hydrogens (tertiary/aromatic N) is 2. The molecule has 2 aromatic rings. The summed E-state index contributed by atoms with van der Waals surface area (Å²) in [6.07, 6.45) is 1.37.